The molecule has 5 aromatic rings. The predicted octanol–water partition coefficient (Wildman–Crippen LogP) is 9.38. The molecule has 2 aliphatic rings. The van der Waals surface area contributed by atoms with Gasteiger partial charge in [0, 0.05) is 44.0 Å². The van der Waals surface area contributed by atoms with E-state index in [1.54, 1.807) is 36.4 Å². The number of hydrogen-bond acceptors (Lipinski definition) is 16. The lowest BCUT2D eigenvalue weighted by molar-refractivity contribution is -0.145. The van der Waals surface area contributed by atoms with Crippen LogP contribution in [0.5, 0.6) is 28.7 Å². The first-order valence-electron chi connectivity index (χ1n) is 24.2. The molecule has 2 fully saturated rings. The maximum atomic E-state index is 13.6. The SMILES string of the molecule is CC(=O)OCCc1ccc(OC(=O)C2CCC(C(=O)Oc3ccc(OC(=O)C4CCC(C(=O)Oc5ccc(C(=O)N(C)NC(=O)c6ccc(OC(C)=O)cc6)cc5)CC4)c(/C=C/C(=O)c4ccc(Cl)s4)c3)CC2)cc1. The van der Waals surface area contributed by atoms with E-state index in [9.17, 15) is 43.2 Å². The summed E-state index contributed by atoms with van der Waals surface area (Å²) in [6.45, 7) is 2.86. The minimum atomic E-state index is -0.569. The number of nitrogens with one attached hydrogen (secondary N) is 1. The third kappa shape index (κ3) is 15.8. The molecule has 0 atom stereocenters. The number of ketones is 1. The third-order valence-corrected chi connectivity index (χ3v) is 13.8. The number of esters is 6. The quantitative estimate of drug-likeness (QED) is 0.0301. The molecule has 2 saturated carbocycles. The Morgan fingerprint density at radius 3 is 1.53 bits per heavy atom. The predicted molar refractivity (Wildman–Crippen MR) is 273 cm³/mol. The van der Waals surface area contributed by atoms with Crippen molar-refractivity contribution >= 4 is 82.4 Å². The van der Waals surface area contributed by atoms with Crippen molar-refractivity contribution in [1.82, 2.24) is 10.4 Å². The summed E-state index contributed by atoms with van der Waals surface area (Å²) in [6, 6.07) is 26.3. The van der Waals surface area contributed by atoms with E-state index in [-0.39, 0.29) is 58.5 Å². The van der Waals surface area contributed by atoms with Gasteiger partial charge in [0.1, 0.15) is 28.7 Å². The number of halogens is 1. The van der Waals surface area contributed by atoms with Crippen molar-refractivity contribution < 1.29 is 71.6 Å². The first-order chi connectivity index (χ1) is 36.0. The van der Waals surface area contributed by atoms with Crippen LogP contribution in [-0.4, -0.2) is 72.1 Å². The van der Waals surface area contributed by atoms with E-state index in [0.29, 0.717) is 78.3 Å². The molecule has 1 heterocycles. The monoisotopic (exact) mass is 1060 g/mol. The van der Waals surface area contributed by atoms with Crippen molar-refractivity contribution in [3.8, 4) is 28.7 Å². The fraction of sp³-hybridized carbons (Fsp3) is 0.304. The molecule has 0 spiro atoms. The topological polar surface area (TPSA) is 224 Å². The van der Waals surface area contributed by atoms with Crippen LogP contribution in [0.15, 0.2) is 109 Å². The molecule has 1 aromatic heterocycles. The Morgan fingerprint density at radius 2 is 1.04 bits per heavy atom. The number of hydrazine groups is 1. The van der Waals surface area contributed by atoms with Gasteiger partial charge in [-0.15, -0.1) is 11.3 Å². The number of thiophene rings is 1. The van der Waals surface area contributed by atoms with Gasteiger partial charge in [-0.2, -0.15) is 0 Å². The van der Waals surface area contributed by atoms with Crippen molar-refractivity contribution in [3.05, 3.63) is 141 Å². The van der Waals surface area contributed by atoms with Crippen LogP contribution in [-0.2, 0) is 39.9 Å². The van der Waals surface area contributed by atoms with Gasteiger partial charge in [0.25, 0.3) is 11.8 Å². The summed E-state index contributed by atoms with van der Waals surface area (Å²) in [5.41, 5.74) is 4.14. The molecule has 19 heteroatoms. The van der Waals surface area contributed by atoms with Crippen LogP contribution in [0.3, 0.4) is 0 Å². The van der Waals surface area contributed by atoms with Gasteiger partial charge >= 0.3 is 35.8 Å². The van der Waals surface area contributed by atoms with Crippen LogP contribution in [0.2, 0.25) is 4.34 Å². The van der Waals surface area contributed by atoms with E-state index >= 15 is 0 Å². The molecule has 0 unspecified atom stereocenters. The first kappa shape index (κ1) is 54.8. The summed E-state index contributed by atoms with van der Waals surface area (Å²) >= 11 is 7.17. The second-order valence-corrected chi connectivity index (χ2v) is 19.7. The van der Waals surface area contributed by atoms with Gasteiger partial charge in [-0.25, -0.2) is 0 Å². The molecule has 0 radical (unpaired) electrons. The van der Waals surface area contributed by atoms with E-state index in [0.717, 1.165) is 21.9 Å². The molecule has 7 rings (SSSR count). The Balaban J connectivity index is 0.893. The fourth-order valence-corrected chi connectivity index (χ4v) is 9.39. The van der Waals surface area contributed by atoms with Gasteiger partial charge in [0.05, 0.1) is 39.5 Å². The zero-order chi connectivity index (χ0) is 53.6. The molecular weight excluding hydrogens is 1010 g/mol. The van der Waals surface area contributed by atoms with Crippen molar-refractivity contribution in [3.63, 3.8) is 0 Å². The number of amides is 2. The summed E-state index contributed by atoms with van der Waals surface area (Å²) in [7, 11) is 1.38. The van der Waals surface area contributed by atoms with Crippen LogP contribution in [0.25, 0.3) is 6.08 Å². The van der Waals surface area contributed by atoms with Crippen LogP contribution in [0.1, 0.15) is 107 Å². The maximum absolute atomic E-state index is 13.6. The molecule has 2 amide bonds. The number of rotatable bonds is 17. The second kappa shape index (κ2) is 25.8. The lowest BCUT2D eigenvalue weighted by Crippen LogP contribution is -2.43. The minimum absolute atomic E-state index is 0.119. The van der Waals surface area contributed by atoms with Crippen LogP contribution in [0.4, 0.5) is 0 Å². The molecule has 1 N–H and O–H groups in total. The summed E-state index contributed by atoms with van der Waals surface area (Å²) in [6.07, 6.45) is 6.25. The molecule has 0 aliphatic heterocycles. The minimum Gasteiger partial charge on any atom is -0.466 e. The van der Waals surface area contributed by atoms with Crippen LogP contribution < -0.4 is 29.1 Å². The van der Waals surface area contributed by atoms with Gasteiger partial charge in [-0.05, 0) is 160 Å². The number of benzene rings is 4. The Bertz CT molecular complexity index is 2950. The van der Waals surface area contributed by atoms with Gasteiger partial charge in [-0.1, -0.05) is 23.7 Å². The average molecular weight is 1060 g/mol. The standard InChI is InChI=1S/C56H53ClN2O15S/c1-33(60)69-31-30-35-4-19-44(20-5-35)71-53(65)38-6-8-40(9-7-38)55(67)73-46-25-27-48(42(32-46)18-26-47(62)49-28-29-50(57)75-49)74-56(68)41-12-10-39(11-13-41)54(66)72-45-23-16-37(17-24-45)52(64)59(3)58-51(63)36-14-21-43(22-15-36)70-34(2)61/h4-5,14-29,32,38-41H,6-13,30-31H2,1-3H3,(H,58,63)/b26-18+. The lowest BCUT2D eigenvalue weighted by Gasteiger charge is -2.26. The van der Waals surface area contributed by atoms with Crippen molar-refractivity contribution in [1.29, 1.82) is 0 Å². The molecule has 0 saturated heterocycles. The number of carbonyl (C=O) groups excluding carboxylic acids is 9. The van der Waals surface area contributed by atoms with Gasteiger partial charge in [0.15, 0.2) is 5.78 Å². The molecule has 17 nitrogen and oxygen atoms in total. The van der Waals surface area contributed by atoms with Gasteiger partial charge < -0.3 is 28.4 Å². The largest absolute Gasteiger partial charge is 0.466 e. The fourth-order valence-electron chi connectivity index (χ4n) is 8.43. The molecule has 4 aromatic carbocycles. The third-order valence-electron chi connectivity index (χ3n) is 12.5. The van der Waals surface area contributed by atoms with E-state index in [1.807, 2.05) is 0 Å². The number of nitrogens with zero attached hydrogens (tertiary/aromatic N) is 1. The lowest BCUT2D eigenvalue weighted by atomic mass is 9.82. The number of carbonyl (C=O) groups is 9. The van der Waals surface area contributed by atoms with E-state index in [4.69, 9.17) is 40.0 Å². The van der Waals surface area contributed by atoms with E-state index < -0.39 is 59.4 Å². The summed E-state index contributed by atoms with van der Waals surface area (Å²) in [5.74, 6) is -5.05. The Morgan fingerprint density at radius 1 is 0.573 bits per heavy atom. The maximum Gasteiger partial charge on any atom is 0.314 e. The van der Waals surface area contributed by atoms with E-state index in [2.05, 4.69) is 5.43 Å². The number of hydrogen-bond donors (Lipinski definition) is 1. The molecule has 0 bridgehead atoms. The summed E-state index contributed by atoms with van der Waals surface area (Å²) < 4.78 is 33.4. The van der Waals surface area contributed by atoms with Crippen LogP contribution >= 0.6 is 22.9 Å². The first-order valence-corrected chi connectivity index (χ1v) is 25.4. The highest BCUT2D eigenvalue weighted by atomic mass is 35.5. The van der Waals surface area contributed by atoms with Crippen LogP contribution in [0, 0.1) is 23.7 Å². The second-order valence-electron chi connectivity index (χ2n) is 18.0. The zero-order valence-corrected chi connectivity index (χ0v) is 42.8. The highest BCUT2D eigenvalue weighted by molar-refractivity contribution is 7.18. The average Bonchev–Trinajstić information content (AvgIpc) is 3.85. The van der Waals surface area contributed by atoms with Crippen molar-refractivity contribution in [2.24, 2.45) is 23.7 Å². The van der Waals surface area contributed by atoms with Crippen molar-refractivity contribution in [2.45, 2.75) is 71.6 Å². The summed E-state index contributed by atoms with van der Waals surface area (Å²) in [4.78, 5) is 115. The van der Waals surface area contributed by atoms with Crippen molar-refractivity contribution in [2.75, 3.05) is 13.7 Å². The smallest absolute Gasteiger partial charge is 0.314 e. The Hall–Kier alpha value is -7.96. The Kier molecular flexibility index (Phi) is 18.9. The molecular formula is C56H53ClN2O15S. The Labute approximate surface area is 441 Å². The highest BCUT2D eigenvalue weighted by Crippen LogP contribution is 2.35. The molecule has 2 aliphatic carbocycles. The van der Waals surface area contributed by atoms with E-state index in [1.165, 1.54) is 99.8 Å². The van der Waals surface area contributed by atoms with Gasteiger partial charge in [0.2, 0.25) is 0 Å². The zero-order valence-electron chi connectivity index (χ0n) is 41.2. The van der Waals surface area contributed by atoms with Gasteiger partial charge in [-0.3, -0.25) is 53.6 Å². The number of ether oxygens (including phenoxy) is 6. The highest BCUT2D eigenvalue weighted by Gasteiger charge is 2.34. The molecule has 75 heavy (non-hydrogen) atoms. The summed E-state index contributed by atoms with van der Waals surface area (Å²) in [5, 5.41) is 1.01. The number of allylic oxidation sites excluding steroid dienone is 1. The normalized spacial score (nSPS) is 17.2. The molecule has 390 valence electrons.